The number of amides is 1. The predicted molar refractivity (Wildman–Crippen MR) is 76.3 cm³/mol. The maximum Gasteiger partial charge on any atom is 0.306 e. The Morgan fingerprint density at radius 1 is 1.20 bits per heavy atom. The molecule has 0 atom stereocenters. The third-order valence-corrected chi connectivity index (χ3v) is 3.95. The van der Waals surface area contributed by atoms with Crippen LogP contribution in [0.25, 0.3) is 0 Å². The van der Waals surface area contributed by atoms with Gasteiger partial charge in [-0.2, -0.15) is 0 Å². The van der Waals surface area contributed by atoms with Crippen LogP contribution in [0.2, 0.25) is 0 Å². The molecule has 5 heteroatoms. The summed E-state index contributed by atoms with van der Waals surface area (Å²) in [7, 11) is 0. The summed E-state index contributed by atoms with van der Waals surface area (Å²) in [6.07, 6.45) is 3.09. The van der Waals surface area contributed by atoms with E-state index < -0.39 is 5.97 Å². The third kappa shape index (κ3) is 3.50. The van der Waals surface area contributed by atoms with Crippen molar-refractivity contribution in [2.75, 3.05) is 12.3 Å². The quantitative estimate of drug-likeness (QED) is 0.732. The number of hydrogen-bond donors (Lipinski definition) is 3. The Balaban J connectivity index is 1.80. The van der Waals surface area contributed by atoms with Gasteiger partial charge in [0.15, 0.2) is 0 Å². The fraction of sp³-hybridized carbons (Fsp3) is 0.467. The van der Waals surface area contributed by atoms with Crippen molar-refractivity contribution in [3.8, 4) is 0 Å². The summed E-state index contributed by atoms with van der Waals surface area (Å²) < 4.78 is 0. The van der Waals surface area contributed by atoms with Gasteiger partial charge in [0, 0.05) is 12.2 Å². The summed E-state index contributed by atoms with van der Waals surface area (Å²) in [5.41, 5.74) is 6.72. The van der Waals surface area contributed by atoms with Gasteiger partial charge >= 0.3 is 5.97 Å². The van der Waals surface area contributed by atoms with Crippen LogP contribution in [0.4, 0.5) is 5.69 Å². The van der Waals surface area contributed by atoms with E-state index in [9.17, 15) is 9.59 Å². The second-order valence-electron chi connectivity index (χ2n) is 5.35. The van der Waals surface area contributed by atoms with Gasteiger partial charge in [-0.3, -0.25) is 9.59 Å². The number of carbonyl (C=O) groups excluding carboxylic acids is 1. The zero-order valence-corrected chi connectivity index (χ0v) is 11.3. The van der Waals surface area contributed by atoms with Crippen LogP contribution in [0.15, 0.2) is 24.3 Å². The summed E-state index contributed by atoms with van der Waals surface area (Å²) in [6.45, 7) is 0.583. The number of nitrogens with two attached hydrogens (primary N) is 1. The van der Waals surface area contributed by atoms with Gasteiger partial charge in [-0.25, -0.2) is 0 Å². The molecule has 0 heterocycles. The molecule has 0 radical (unpaired) electrons. The molecule has 1 aliphatic carbocycles. The van der Waals surface area contributed by atoms with Crippen molar-refractivity contribution >= 4 is 17.6 Å². The zero-order chi connectivity index (χ0) is 14.5. The maximum absolute atomic E-state index is 12.0. The van der Waals surface area contributed by atoms with E-state index in [4.69, 9.17) is 10.8 Å². The van der Waals surface area contributed by atoms with Crippen LogP contribution in [-0.4, -0.2) is 23.5 Å². The molecule has 1 aromatic rings. The largest absolute Gasteiger partial charge is 0.481 e. The molecule has 1 amide bonds. The highest BCUT2D eigenvalue weighted by Gasteiger charge is 2.26. The monoisotopic (exact) mass is 276 g/mol. The van der Waals surface area contributed by atoms with Crippen LogP contribution in [-0.2, 0) is 4.79 Å². The molecule has 4 N–H and O–H groups in total. The Labute approximate surface area is 118 Å². The smallest absolute Gasteiger partial charge is 0.306 e. The van der Waals surface area contributed by atoms with Gasteiger partial charge in [-0.1, -0.05) is 12.1 Å². The molecule has 0 bridgehead atoms. The number of anilines is 1. The van der Waals surface area contributed by atoms with Crippen LogP contribution >= 0.6 is 0 Å². The summed E-state index contributed by atoms with van der Waals surface area (Å²) in [5.74, 6) is -0.723. The standard InChI is InChI=1S/C15H20N2O3/c16-13-4-2-1-3-12(13)14(18)17-9-10-5-7-11(8-6-10)15(19)20/h1-4,10-11H,5-9,16H2,(H,17,18)(H,19,20). The first-order valence-electron chi connectivity index (χ1n) is 6.93. The Bertz CT molecular complexity index is 494. The van der Waals surface area contributed by atoms with Gasteiger partial charge < -0.3 is 16.2 Å². The summed E-state index contributed by atoms with van der Waals surface area (Å²) >= 11 is 0. The lowest BCUT2D eigenvalue weighted by atomic mass is 9.82. The molecule has 1 aliphatic rings. The Morgan fingerprint density at radius 2 is 1.85 bits per heavy atom. The first-order valence-corrected chi connectivity index (χ1v) is 6.93. The van der Waals surface area contributed by atoms with Gasteiger partial charge in [0.1, 0.15) is 0 Å². The topological polar surface area (TPSA) is 92.4 Å². The Kier molecular flexibility index (Phi) is 4.61. The number of carboxylic acids is 1. The number of para-hydroxylation sites is 1. The number of benzene rings is 1. The Morgan fingerprint density at radius 3 is 2.45 bits per heavy atom. The molecule has 2 rings (SSSR count). The highest BCUT2D eigenvalue weighted by Crippen LogP contribution is 2.28. The lowest BCUT2D eigenvalue weighted by Gasteiger charge is -2.26. The number of carbonyl (C=O) groups is 2. The molecular formula is C15H20N2O3. The molecule has 1 saturated carbocycles. The average Bonchev–Trinajstić information content (AvgIpc) is 2.45. The third-order valence-electron chi connectivity index (χ3n) is 3.95. The number of nitrogen functional groups attached to an aromatic ring is 1. The van der Waals surface area contributed by atoms with Crippen LogP contribution < -0.4 is 11.1 Å². The molecule has 1 aromatic carbocycles. The van der Waals surface area contributed by atoms with Crippen molar-refractivity contribution in [1.82, 2.24) is 5.32 Å². The van der Waals surface area contributed by atoms with Gasteiger partial charge in [0.05, 0.1) is 11.5 Å². The minimum atomic E-state index is -0.704. The average molecular weight is 276 g/mol. The zero-order valence-electron chi connectivity index (χ0n) is 11.3. The SMILES string of the molecule is Nc1ccccc1C(=O)NCC1CCC(C(=O)O)CC1. The lowest BCUT2D eigenvalue weighted by molar-refractivity contribution is -0.143. The van der Waals surface area contributed by atoms with Crippen molar-refractivity contribution in [3.63, 3.8) is 0 Å². The van der Waals surface area contributed by atoms with Crippen molar-refractivity contribution in [2.24, 2.45) is 11.8 Å². The molecular weight excluding hydrogens is 256 g/mol. The molecule has 1 fully saturated rings. The van der Waals surface area contributed by atoms with Gasteiger partial charge in [0.2, 0.25) is 0 Å². The maximum atomic E-state index is 12.0. The van der Waals surface area contributed by atoms with E-state index in [0.29, 0.717) is 36.6 Å². The molecule has 0 spiro atoms. The van der Waals surface area contributed by atoms with Crippen molar-refractivity contribution in [3.05, 3.63) is 29.8 Å². The summed E-state index contributed by atoms with van der Waals surface area (Å²) in [4.78, 5) is 22.9. The lowest BCUT2D eigenvalue weighted by Crippen LogP contribution is -2.32. The van der Waals surface area contributed by atoms with Gasteiger partial charge in [0.25, 0.3) is 5.91 Å². The van der Waals surface area contributed by atoms with Crippen molar-refractivity contribution in [1.29, 1.82) is 0 Å². The van der Waals surface area contributed by atoms with E-state index in [1.54, 1.807) is 24.3 Å². The van der Waals surface area contributed by atoms with Gasteiger partial charge in [-0.15, -0.1) is 0 Å². The molecule has 5 nitrogen and oxygen atoms in total. The van der Waals surface area contributed by atoms with Crippen molar-refractivity contribution in [2.45, 2.75) is 25.7 Å². The van der Waals surface area contributed by atoms with Crippen LogP contribution in [0, 0.1) is 11.8 Å². The normalized spacial score (nSPS) is 22.2. The van der Waals surface area contributed by atoms with E-state index in [2.05, 4.69) is 5.32 Å². The number of aliphatic carboxylic acids is 1. The fourth-order valence-electron chi connectivity index (χ4n) is 2.65. The summed E-state index contributed by atoms with van der Waals surface area (Å²) in [6, 6.07) is 6.97. The first-order chi connectivity index (χ1) is 9.58. The number of hydrogen-bond acceptors (Lipinski definition) is 3. The van der Waals surface area contributed by atoms with E-state index in [1.165, 1.54) is 0 Å². The predicted octanol–water partition coefficient (Wildman–Crippen LogP) is 1.89. The minimum absolute atomic E-state index is 0.163. The van der Waals surface area contributed by atoms with E-state index >= 15 is 0 Å². The fourth-order valence-corrected chi connectivity index (χ4v) is 2.65. The molecule has 20 heavy (non-hydrogen) atoms. The molecule has 0 saturated heterocycles. The van der Waals surface area contributed by atoms with Gasteiger partial charge in [-0.05, 0) is 43.7 Å². The first kappa shape index (κ1) is 14.4. The number of nitrogens with one attached hydrogen (secondary N) is 1. The molecule has 108 valence electrons. The highest BCUT2D eigenvalue weighted by molar-refractivity contribution is 5.99. The molecule has 0 unspecified atom stereocenters. The second kappa shape index (κ2) is 6.41. The molecule has 0 aromatic heterocycles. The van der Waals surface area contributed by atoms with Crippen molar-refractivity contribution < 1.29 is 14.7 Å². The molecule has 0 aliphatic heterocycles. The van der Waals surface area contributed by atoms with Crippen LogP contribution in [0.5, 0.6) is 0 Å². The number of rotatable bonds is 4. The van der Waals surface area contributed by atoms with E-state index in [-0.39, 0.29) is 11.8 Å². The highest BCUT2D eigenvalue weighted by atomic mass is 16.4. The second-order valence-corrected chi connectivity index (χ2v) is 5.35. The summed E-state index contributed by atoms with van der Waals surface area (Å²) in [5, 5.41) is 11.8. The van der Waals surface area contributed by atoms with Crippen LogP contribution in [0.1, 0.15) is 36.0 Å². The number of carboxylic acid groups (broad SMARTS) is 1. The van der Waals surface area contributed by atoms with E-state index in [0.717, 1.165) is 12.8 Å². The Hall–Kier alpha value is -2.04. The van der Waals surface area contributed by atoms with Crippen LogP contribution in [0.3, 0.4) is 0 Å². The van der Waals surface area contributed by atoms with E-state index in [1.807, 2.05) is 0 Å². The minimum Gasteiger partial charge on any atom is -0.481 e.